The van der Waals surface area contributed by atoms with E-state index < -0.39 is 0 Å². The van der Waals surface area contributed by atoms with Crippen molar-refractivity contribution in [2.45, 2.75) is 30.4 Å². The predicted octanol–water partition coefficient (Wildman–Crippen LogP) is 2.95. The van der Waals surface area contributed by atoms with Crippen LogP contribution in [0, 0.1) is 0 Å². The van der Waals surface area contributed by atoms with Crippen molar-refractivity contribution in [2.75, 3.05) is 5.32 Å². The SMILES string of the molecule is C[C@H](Sc1nncn1C)c1cccc(NC(=O)N2Cc3cnn(C)c3C2)c1. The number of hydrogen-bond donors (Lipinski definition) is 1. The number of anilines is 1. The van der Waals surface area contributed by atoms with E-state index in [0.29, 0.717) is 13.1 Å². The summed E-state index contributed by atoms with van der Waals surface area (Å²) in [7, 11) is 3.83. The molecule has 1 N–H and O–H groups in total. The Kier molecular flexibility index (Phi) is 4.61. The van der Waals surface area contributed by atoms with Gasteiger partial charge in [-0.3, -0.25) is 4.68 Å². The minimum atomic E-state index is -0.100. The minimum Gasteiger partial charge on any atom is -0.314 e. The monoisotopic (exact) mass is 383 g/mol. The summed E-state index contributed by atoms with van der Waals surface area (Å²) >= 11 is 1.63. The molecule has 0 bridgehead atoms. The average molecular weight is 383 g/mol. The van der Waals surface area contributed by atoms with Crippen LogP contribution in [0.15, 0.2) is 41.9 Å². The Hall–Kier alpha value is -2.81. The highest BCUT2D eigenvalue weighted by molar-refractivity contribution is 7.99. The number of rotatable bonds is 4. The number of amides is 2. The lowest BCUT2D eigenvalue weighted by atomic mass is 10.1. The fourth-order valence-electron chi connectivity index (χ4n) is 3.11. The van der Waals surface area contributed by atoms with Gasteiger partial charge in [0.15, 0.2) is 5.16 Å². The molecule has 2 amide bonds. The average Bonchev–Trinajstić information content (AvgIpc) is 3.34. The molecule has 1 aliphatic heterocycles. The number of carbonyl (C=O) groups excluding carboxylic acids is 1. The lowest BCUT2D eigenvalue weighted by Crippen LogP contribution is -2.30. The summed E-state index contributed by atoms with van der Waals surface area (Å²) in [5.74, 6) is 0. The molecule has 0 saturated carbocycles. The Labute approximate surface area is 161 Å². The smallest absolute Gasteiger partial charge is 0.314 e. The molecule has 140 valence electrons. The fourth-order valence-corrected chi connectivity index (χ4v) is 4.01. The minimum absolute atomic E-state index is 0.100. The zero-order chi connectivity index (χ0) is 19.0. The summed E-state index contributed by atoms with van der Waals surface area (Å²) in [5, 5.41) is 16.3. The number of nitrogens with zero attached hydrogens (tertiary/aromatic N) is 6. The van der Waals surface area contributed by atoms with Crippen molar-refractivity contribution < 1.29 is 4.79 Å². The molecule has 1 aromatic carbocycles. The first kappa shape index (κ1) is 17.6. The van der Waals surface area contributed by atoms with Crippen molar-refractivity contribution in [3.05, 3.63) is 53.6 Å². The Bertz CT molecular complexity index is 980. The second-order valence-electron chi connectivity index (χ2n) is 6.64. The van der Waals surface area contributed by atoms with Crippen LogP contribution >= 0.6 is 11.8 Å². The van der Waals surface area contributed by atoms with E-state index in [2.05, 4.69) is 33.6 Å². The third kappa shape index (κ3) is 3.55. The van der Waals surface area contributed by atoms with Gasteiger partial charge >= 0.3 is 6.03 Å². The van der Waals surface area contributed by atoms with Crippen LogP contribution in [0.1, 0.15) is 29.0 Å². The quantitative estimate of drug-likeness (QED) is 0.701. The molecule has 1 atom stereocenters. The molecule has 0 fully saturated rings. The van der Waals surface area contributed by atoms with E-state index in [-0.39, 0.29) is 11.3 Å². The number of urea groups is 1. The maximum Gasteiger partial charge on any atom is 0.322 e. The Balaban J connectivity index is 1.42. The van der Waals surface area contributed by atoms with Gasteiger partial charge in [-0.05, 0) is 24.6 Å². The van der Waals surface area contributed by atoms with E-state index in [1.54, 1.807) is 23.0 Å². The summed E-state index contributed by atoms with van der Waals surface area (Å²) in [6, 6.07) is 7.84. The number of benzene rings is 1. The maximum atomic E-state index is 12.6. The molecule has 0 aliphatic carbocycles. The predicted molar refractivity (Wildman–Crippen MR) is 103 cm³/mol. The highest BCUT2D eigenvalue weighted by Crippen LogP contribution is 2.34. The molecule has 3 aromatic rings. The Morgan fingerprint density at radius 3 is 2.89 bits per heavy atom. The van der Waals surface area contributed by atoms with Gasteiger partial charge in [0.25, 0.3) is 0 Å². The van der Waals surface area contributed by atoms with Gasteiger partial charge in [-0.15, -0.1) is 10.2 Å². The van der Waals surface area contributed by atoms with Crippen molar-refractivity contribution in [3.8, 4) is 0 Å². The summed E-state index contributed by atoms with van der Waals surface area (Å²) in [5.41, 5.74) is 4.11. The number of aryl methyl sites for hydroxylation is 2. The normalized spacial score (nSPS) is 14.3. The molecule has 0 unspecified atom stereocenters. The van der Waals surface area contributed by atoms with E-state index in [4.69, 9.17) is 0 Å². The molecule has 0 radical (unpaired) electrons. The van der Waals surface area contributed by atoms with E-state index >= 15 is 0 Å². The number of thioether (sulfide) groups is 1. The summed E-state index contributed by atoms with van der Waals surface area (Å²) in [6.45, 7) is 3.28. The molecule has 4 rings (SSSR count). The number of carbonyl (C=O) groups is 1. The first-order valence-electron chi connectivity index (χ1n) is 8.67. The van der Waals surface area contributed by atoms with Gasteiger partial charge in [-0.1, -0.05) is 23.9 Å². The van der Waals surface area contributed by atoms with E-state index in [1.807, 2.05) is 47.7 Å². The van der Waals surface area contributed by atoms with Crippen molar-refractivity contribution in [2.24, 2.45) is 14.1 Å². The van der Waals surface area contributed by atoms with E-state index in [0.717, 1.165) is 27.7 Å². The van der Waals surface area contributed by atoms with Crippen LogP contribution in [-0.2, 0) is 27.2 Å². The third-order valence-electron chi connectivity index (χ3n) is 4.70. The second kappa shape index (κ2) is 7.07. The topological polar surface area (TPSA) is 80.9 Å². The van der Waals surface area contributed by atoms with Crippen LogP contribution < -0.4 is 5.32 Å². The zero-order valence-electron chi connectivity index (χ0n) is 15.5. The molecule has 27 heavy (non-hydrogen) atoms. The third-order valence-corrected chi connectivity index (χ3v) is 5.90. The highest BCUT2D eigenvalue weighted by atomic mass is 32.2. The Morgan fingerprint density at radius 2 is 2.15 bits per heavy atom. The van der Waals surface area contributed by atoms with Gasteiger partial charge in [0, 0.05) is 30.6 Å². The number of aromatic nitrogens is 5. The highest BCUT2D eigenvalue weighted by Gasteiger charge is 2.26. The summed E-state index contributed by atoms with van der Waals surface area (Å²) < 4.78 is 3.72. The molecule has 1 aliphatic rings. The number of fused-ring (bicyclic) bond motifs is 1. The first-order chi connectivity index (χ1) is 13.0. The molecule has 9 heteroatoms. The molecule has 2 aromatic heterocycles. The van der Waals surface area contributed by atoms with Gasteiger partial charge in [0.1, 0.15) is 6.33 Å². The number of hydrogen-bond acceptors (Lipinski definition) is 5. The zero-order valence-corrected chi connectivity index (χ0v) is 16.3. The maximum absolute atomic E-state index is 12.6. The van der Waals surface area contributed by atoms with Crippen LogP contribution in [0.25, 0.3) is 0 Å². The largest absolute Gasteiger partial charge is 0.322 e. The van der Waals surface area contributed by atoms with Crippen LogP contribution in [0.2, 0.25) is 0 Å². The number of nitrogens with one attached hydrogen (secondary N) is 1. The van der Waals surface area contributed by atoms with Crippen LogP contribution in [-0.4, -0.2) is 35.5 Å². The van der Waals surface area contributed by atoms with Crippen molar-refractivity contribution >= 4 is 23.5 Å². The standard InChI is InChI=1S/C18H21N7OS/c1-12(27-18-22-19-11-23(18)2)13-5-4-6-15(7-13)21-17(26)25-9-14-8-20-24(3)16(14)10-25/h4-8,11-12H,9-10H2,1-3H3,(H,21,26)/t12-/m0/s1. The van der Waals surface area contributed by atoms with E-state index in [1.165, 1.54) is 0 Å². The van der Waals surface area contributed by atoms with Crippen LogP contribution in [0.4, 0.5) is 10.5 Å². The molecule has 8 nitrogen and oxygen atoms in total. The lowest BCUT2D eigenvalue weighted by Gasteiger charge is -2.18. The molecule has 0 spiro atoms. The Morgan fingerprint density at radius 1 is 1.30 bits per heavy atom. The summed E-state index contributed by atoms with van der Waals surface area (Å²) in [6.07, 6.45) is 3.52. The summed E-state index contributed by atoms with van der Waals surface area (Å²) in [4.78, 5) is 14.4. The fraction of sp³-hybridized carbons (Fsp3) is 0.333. The molecule has 3 heterocycles. The molecular formula is C18H21N7OS. The van der Waals surface area contributed by atoms with Gasteiger partial charge in [-0.2, -0.15) is 5.10 Å². The van der Waals surface area contributed by atoms with Gasteiger partial charge in [0.2, 0.25) is 0 Å². The van der Waals surface area contributed by atoms with Crippen LogP contribution in [0.3, 0.4) is 0 Å². The van der Waals surface area contributed by atoms with Crippen molar-refractivity contribution in [1.29, 1.82) is 0 Å². The van der Waals surface area contributed by atoms with Crippen molar-refractivity contribution in [1.82, 2.24) is 29.4 Å². The molecular weight excluding hydrogens is 362 g/mol. The lowest BCUT2D eigenvalue weighted by molar-refractivity contribution is 0.211. The van der Waals surface area contributed by atoms with Gasteiger partial charge in [-0.25, -0.2) is 4.79 Å². The van der Waals surface area contributed by atoms with Gasteiger partial charge in [0.05, 0.1) is 25.0 Å². The van der Waals surface area contributed by atoms with Crippen LogP contribution in [0.5, 0.6) is 0 Å². The van der Waals surface area contributed by atoms with Crippen molar-refractivity contribution in [3.63, 3.8) is 0 Å². The molecule has 0 saturated heterocycles. The first-order valence-corrected chi connectivity index (χ1v) is 9.55. The van der Waals surface area contributed by atoms with E-state index in [9.17, 15) is 4.79 Å². The second-order valence-corrected chi connectivity index (χ2v) is 7.94. The van der Waals surface area contributed by atoms with Gasteiger partial charge < -0.3 is 14.8 Å².